The molecule has 1 aliphatic heterocycles. The van der Waals surface area contributed by atoms with Gasteiger partial charge >= 0.3 is 0 Å². The molecule has 0 amide bonds. The maximum absolute atomic E-state index is 12.9. The van der Waals surface area contributed by atoms with E-state index in [0.717, 1.165) is 40.0 Å². The van der Waals surface area contributed by atoms with E-state index in [1.165, 1.54) is 0 Å². The van der Waals surface area contributed by atoms with Crippen molar-refractivity contribution in [3.8, 4) is 0 Å². The SMILES string of the molecule is Cc1ccccc1S(=O)(=O)N1CCC(c2cc3cc(Cl)ccc3[nH]2)CC1. The second-order valence-electron chi connectivity index (χ2n) is 6.90. The third-order valence-electron chi connectivity index (χ3n) is 5.21. The number of nitrogens with zero attached hydrogens (tertiary/aromatic N) is 1. The molecule has 0 atom stereocenters. The van der Waals surface area contributed by atoms with E-state index < -0.39 is 10.0 Å². The van der Waals surface area contributed by atoms with Gasteiger partial charge in [0.05, 0.1) is 4.90 Å². The number of aromatic nitrogens is 1. The highest BCUT2D eigenvalue weighted by atomic mass is 35.5. The summed E-state index contributed by atoms with van der Waals surface area (Å²) in [6.07, 6.45) is 1.62. The lowest BCUT2D eigenvalue weighted by atomic mass is 9.95. The van der Waals surface area contributed by atoms with E-state index >= 15 is 0 Å². The first-order chi connectivity index (χ1) is 12.4. The lowest BCUT2D eigenvalue weighted by Gasteiger charge is -2.31. The van der Waals surface area contributed by atoms with Crippen LogP contribution in [0.25, 0.3) is 10.9 Å². The predicted octanol–water partition coefficient (Wildman–Crippen LogP) is 4.70. The van der Waals surface area contributed by atoms with Crippen LogP contribution in [0, 0.1) is 6.92 Å². The highest BCUT2D eigenvalue weighted by molar-refractivity contribution is 7.89. The molecule has 0 bridgehead atoms. The number of aryl methyl sites for hydroxylation is 1. The summed E-state index contributed by atoms with van der Waals surface area (Å²) in [7, 11) is -3.42. The third-order valence-corrected chi connectivity index (χ3v) is 7.50. The van der Waals surface area contributed by atoms with Gasteiger partial charge in [-0.1, -0.05) is 29.8 Å². The van der Waals surface area contributed by atoms with Crippen molar-refractivity contribution in [3.05, 3.63) is 64.8 Å². The van der Waals surface area contributed by atoms with Crippen molar-refractivity contribution in [3.63, 3.8) is 0 Å². The van der Waals surface area contributed by atoms with Crippen LogP contribution in [-0.2, 0) is 10.0 Å². The van der Waals surface area contributed by atoms with Crippen LogP contribution in [0.5, 0.6) is 0 Å². The smallest absolute Gasteiger partial charge is 0.243 e. The van der Waals surface area contributed by atoms with Gasteiger partial charge in [-0.2, -0.15) is 4.31 Å². The zero-order chi connectivity index (χ0) is 18.3. The maximum Gasteiger partial charge on any atom is 0.243 e. The molecule has 3 aromatic rings. The minimum Gasteiger partial charge on any atom is -0.358 e. The van der Waals surface area contributed by atoms with Gasteiger partial charge in [0.1, 0.15) is 0 Å². The summed E-state index contributed by atoms with van der Waals surface area (Å²) in [5, 5.41) is 1.82. The summed E-state index contributed by atoms with van der Waals surface area (Å²) in [4.78, 5) is 3.88. The molecule has 1 aromatic heterocycles. The quantitative estimate of drug-likeness (QED) is 0.707. The second kappa shape index (κ2) is 6.72. The molecule has 4 nitrogen and oxygen atoms in total. The predicted molar refractivity (Wildman–Crippen MR) is 105 cm³/mol. The summed E-state index contributed by atoms with van der Waals surface area (Å²) in [5.74, 6) is 0.337. The van der Waals surface area contributed by atoms with Gasteiger partial charge in [0.2, 0.25) is 10.0 Å². The maximum atomic E-state index is 12.9. The van der Waals surface area contributed by atoms with E-state index in [1.807, 2.05) is 37.3 Å². The minimum absolute atomic E-state index is 0.337. The first-order valence-electron chi connectivity index (χ1n) is 8.79. The Bertz CT molecular complexity index is 1050. The molecule has 0 aliphatic carbocycles. The first-order valence-corrected chi connectivity index (χ1v) is 10.6. The Morgan fingerprint density at radius 3 is 2.54 bits per heavy atom. The summed E-state index contributed by atoms with van der Waals surface area (Å²) < 4.78 is 27.5. The highest BCUT2D eigenvalue weighted by Gasteiger charge is 2.31. The Labute approximate surface area is 158 Å². The summed E-state index contributed by atoms with van der Waals surface area (Å²) in [6, 6.07) is 15.1. The van der Waals surface area contributed by atoms with E-state index in [9.17, 15) is 8.42 Å². The van der Waals surface area contributed by atoms with Gasteiger partial charge in [0, 0.05) is 40.6 Å². The zero-order valence-corrected chi connectivity index (χ0v) is 16.1. The monoisotopic (exact) mass is 388 g/mol. The van der Waals surface area contributed by atoms with Gasteiger partial charge in [-0.3, -0.25) is 0 Å². The summed E-state index contributed by atoms with van der Waals surface area (Å²) >= 11 is 6.07. The van der Waals surface area contributed by atoms with Crippen molar-refractivity contribution >= 4 is 32.5 Å². The molecular formula is C20H21ClN2O2S. The first kappa shape index (κ1) is 17.6. The van der Waals surface area contributed by atoms with Crippen molar-refractivity contribution < 1.29 is 8.42 Å². The number of halogens is 1. The van der Waals surface area contributed by atoms with E-state index in [-0.39, 0.29) is 0 Å². The molecule has 1 aliphatic rings. The lowest BCUT2D eigenvalue weighted by molar-refractivity contribution is 0.317. The van der Waals surface area contributed by atoms with Gasteiger partial charge < -0.3 is 4.98 Å². The Balaban J connectivity index is 1.52. The van der Waals surface area contributed by atoms with Crippen LogP contribution in [0.3, 0.4) is 0 Å². The Morgan fingerprint density at radius 1 is 1.08 bits per heavy atom. The van der Waals surface area contributed by atoms with E-state index in [2.05, 4.69) is 11.1 Å². The van der Waals surface area contributed by atoms with E-state index in [4.69, 9.17) is 11.6 Å². The summed E-state index contributed by atoms with van der Waals surface area (Å²) in [5.41, 5.74) is 3.02. The molecule has 2 aromatic carbocycles. The largest absolute Gasteiger partial charge is 0.358 e. The number of hydrogen-bond donors (Lipinski definition) is 1. The van der Waals surface area contributed by atoms with Gasteiger partial charge in [0.15, 0.2) is 0 Å². The highest BCUT2D eigenvalue weighted by Crippen LogP contribution is 2.33. The van der Waals surface area contributed by atoms with Gasteiger partial charge in [-0.15, -0.1) is 0 Å². The van der Waals surface area contributed by atoms with E-state index in [0.29, 0.717) is 23.9 Å². The van der Waals surface area contributed by atoms with Crippen LogP contribution in [0.1, 0.15) is 30.0 Å². The van der Waals surface area contributed by atoms with Gasteiger partial charge in [-0.05, 0) is 55.7 Å². The molecule has 6 heteroatoms. The molecule has 4 rings (SSSR count). The Hall–Kier alpha value is -1.82. The van der Waals surface area contributed by atoms with Gasteiger partial charge in [-0.25, -0.2) is 8.42 Å². The number of piperidine rings is 1. The normalized spacial score (nSPS) is 17.0. The Morgan fingerprint density at radius 2 is 1.81 bits per heavy atom. The van der Waals surface area contributed by atoms with Crippen molar-refractivity contribution in [2.24, 2.45) is 0 Å². The molecule has 0 saturated carbocycles. The number of H-pyrrole nitrogens is 1. The topological polar surface area (TPSA) is 53.2 Å². The average molecular weight is 389 g/mol. The van der Waals surface area contributed by atoms with Crippen LogP contribution >= 0.6 is 11.6 Å². The average Bonchev–Trinajstić information content (AvgIpc) is 3.05. The van der Waals surface area contributed by atoms with Gasteiger partial charge in [0.25, 0.3) is 0 Å². The molecule has 2 heterocycles. The number of aromatic amines is 1. The van der Waals surface area contributed by atoms with Crippen LogP contribution in [-0.4, -0.2) is 30.8 Å². The van der Waals surface area contributed by atoms with Crippen molar-refractivity contribution in [2.75, 3.05) is 13.1 Å². The van der Waals surface area contributed by atoms with Crippen molar-refractivity contribution in [1.82, 2.24) is 9.29 Å². The standard InChI is InChI=1S/C20H21ClN2O2S/c1-14-4-2-3-5-20(14)26(24,25)23-10-8-15(9-11-23)19-13-16-12-17(21)6-7-18(16)22-19/h2-7,12-13,15,22H,8-11H2,1H3. The molecule has 1 N–H and O–H groups in total. The number of benzene rings is 2. The number of sulfonamides is 1. The fourth-order valence-corrected chi connectivity index (χ4v) is 5.61. The molecule has 0 unspecified atom stereocenters. The zero-order valence-electron chi connectivity index (χ0n) is 14.6. The molecular weight excluding hydrogens is 368 g/mol. The number of fused-ring (bicyclic) bond motifs is 1. The minimum atomic E-state index is -3.42. The third kappa shape index (κ3) is 3.15. The van der Waals surface area contributed by atoms with Crippen LogP contribution in [0.4, 0.5) is 0 Å². The molecule has 0 radical (unpaired) electrons. The molecule has 26 heavy (non-hydrogen) atoms. The molecule has 0 spiro atoms. The van der Waals surface area contributed by atoms with E-state index in [1.54, 1.807) is 16.4 Å². The molecule has 1 saturated heterocycles. The Kier molecular flexibility index (Phi) is 4.55. The fraction of sp³-hybridized carbons (Fsp3) is 0.300. The summed E-state index contributed by atoms with van der Waals surface area (Å²) in [6.45, 7) is 2.92. The fourth-order valence-electron chi connectivity index (χ4n) is 3.74. The van der Waals surface area contributed by atoms with Crippen LogP contribution in [0.15, 0.2) is 53.4 Å². The van der Waals surface area contributed by atoms with Crippen LogP contribution in [0.2, 0.25) is 5.02 Å². The second-order valence-corrected chi connectivity index (χ2v) is 9.24. The molecule has 1 fully saturated rings. The molecule has 136 valence electrons. The van der Waals surface area contributed by atoms with Crippen LogP contribution < -0.4 is 0 Å². The lowest BCUT2D eigenvalue weighted by Crippen LogP contribution is -2.38. The number of hydrogen-bond acceptors (Lipinski definition) is 2. The van der Waals surface area contributed by atoms with Crippen molar-refractivity contribution in [1.29, 1.82) is 0 Å². The van der Waals surface area contributed by atoms with Crippen molar-refractivity contribution in [2.45, 2.75) is 30.6 Å². The number of nitrogens with one attached hydrogen (secondary N) is 1. The number of rotatable bonds is 3.